The molecule has 1 aliphatic rings. The smallest absolute Gasteiger partial charge is 0.161 e. The van der Waals surface area contributed by atoms with Crippen molar-refractivity contribution in [2.45, 2.75) is 13.3 Å². The molecule has 1 atom stereocenters. The first-order valence-electron chi connectivity index (χ1n) is 6.58. The average Bonchev–Trinajstić information content (AvgIpc) is 2.88. The minimum absolute atomic E-state index is 0.0835. The van der Waals surface area contributed by atoms with Crippen molar-refractivity contribution in [3.8, 4) is 5.75 Å². The van der Waals surface area contributed by atoms with Gasteiger partial charge in [0.15, 0.2) is 15.5 Å². The van der Waals surface area contributed by atoms with Crippen molar-refractivity contribution in [1.82, 2.24) is 14.8 Å². The lowest BCUT2D eigenvalue weighted by molar-refractivity contribution is 0.266. The van der Waals surface area contributed by atoms with E-state index in [1.54, 1.807) is 16.9 Å². The topological polar surface area (TPSA) is 74.1 Å². The summed E-state index contributed by atoms with van der Waals surface area (Å²) in [5, 5.41) is 5.23. The number of rotatable bonds is 3. The van der Waals surface area contributed by atoms with Crippen molar-refractivity contribution in [3.05, 3.63) is 18.0 Å². The summed E-state index contributed by atoms with van der Waals surface area (Å²) >= 11 is 0. The van der Waals surface area contributed by atoms with E-state index in [2.05, 4.69) is 10.1 Å². The van der Waals surface area contributed by atoms with Gasteiger partial charge in [0.25, 0.3) is 0 Å². The van der Waals surface area contributed by atoms with Crippen molar-refractivity contribution in [3.63, 3.8) is 0 Å². The van der Waals surface area contributed by atoms with E-state index in [4.69, 9.17) is 4.74 Å². The maximum Gasteiger partial charge on any atom is 0.161 e. The zero-order valence-corrected chi connectivity index (χ0v) is 12.4. The standard InChI is InChI=1S/C13H17N3O3S/c1-9-12-11(3-5-14-13(12)16(2)15-9)19-7-10-4-6-20(17,18)8-10/h3,5,10H,4,6-8H2,1-2H3. The molecule has 2 aromatic heterocycles. The van der Waals surface area contributed by atoms with Crippen molar-refractivity contribution >= 4 is 20.9 Å². The summed E-state index contributed by atoms with van der Waals surface area (Å²) in [7, 11) is -1.01. The third-order valence-electron chi connectivity index (χ3n) is 3.66. The highest BCUT2D eigenvalue weighted by Gasteiger charge is 2.28. The Labute approximate surface area is 117 Å². The second-order valence-electron chi connectivity index (χ2n) is 5.30. The summed E-state index contributed by atoms with van der Waals surface area (Å²) in [6.45, 7) is 2.34. The average molecular weight is 295 g/mol. The number of sulfone groups is 1. The van der Waals surface area contributed by atoms with E-state index in [0.29, 0.717) is 13.0 Å². The van der Waals surface area contributed by atoms with Crippen LogP contribution in [0.3, 0.4) is 0 Å². The van der Waals surface area contributed by atoms with Gasteiger partial charge in [0.05, 0.1) is 29.2 Å². The highest BCUT2D eigenvalue weighted by Crippen LogP contribution is 2.28. The molecule has 1 fully saturated rings. The predicted molar refractivity (Wildman–Crippen MR) is 75.5 cm³/mol. The van der Waals surface area contributed by atoms with Crippen LogP contribution in [0.4, 0.5) is 0 Å². The lowest BCUT2D eigenvalue weighted by Gasteiger charge is -2.11. The van der Waals surface area contributed by atoms with Gasteiger partial charge in [0.2, 0.25) is 0 Å². The van der Waals surface area contributed by atoms with Crippen LogP contribution >= 0.6 is 0 Å². The summed E-state index contributed by atoms with van der Waals surface area (Å²) in [4.78, 5) is 4.29. The highest BCUT2D eigenvalue weighted by atomic mass is 32.2. The summed E-state index contributed by atoms with van der Waals surface area (Å²) in [5.74, 6) is 1.32. The van der Waals surface area contributed by atoms with E-state index < -0.39 is 9.84 Å². The number of hydrogen-bond donors (Lipinski definition) is 0. The van der Waals surface area contributed by atoms with Crippen LogP contribution < -0.4 is 4.74 Å². The molecule has 0 N–H and O–H groups in total. The van der Waals surface area contributed by atoms with Gasteiger partial charge in [0.1, 0.15) is 5.75 Å². The summed E-state index contributed by atoms with van der Waals surface area (Å²) in [5.41, 5.74) is 1.64. The molecule has 2 aromatic rings. The summed E-state index contributed by atoms with van der Waals surface area (Å²) < 4.78 is 30.4. The normalized spacial score (nSPS) is 21.4. The Hall–Kier alpha value is -1.63. The van der Waals surface area contributed by atoms with E-state index in [0.717, 1.165) is 22.5 Å². The Morgan fingerprint density at radius 2 is 2.30 bits per heavy atom. The molecule has 3 rings (SSSR count). The fourth-order valence-corrected chi connectivity index (χ4v) is 4.51. The van der Waals surface area contributed by atoms with Gasteiger partial charge >= 0.3 is 0 Å². The van der Waals surface area contributed by atoms with Crippen LogP contribution in [0.5, 0.6) is 5.75 Å². The molecule has 0 bridgehead atoms. The van der Waals surface area contributed by atoms with Crippen molar-refractivity contribution < 1.29 is 13.2 Å². The zero-order chi connectivity index (χ0) is 14.3. The minimum atomic E-state index is -2.86. The van der Waals surface area contributed by atoms with Gasteiger partial charge in [-0.15, -0.1) is 0 Å². The maximum atomic E-state index is 11.4. The molecule has 0 spiro atoms. The van der Waals surface area contributed by atoms with Gasteiger partial charge in [-0.25, -0.2) is 13.4 Å². The van der Waals surface area contributed by atoms with E-state index in [9.17, 15) is 8.42 Å². The van der Waals surface area contributed by atoms with Crippen molar-refractivity contribution in [1.29, 1.82) is 0 Å². The molecule has 0 amide bonds. The maximum absolute atomic E-state index is 11.4. The lowest BCUT2D eigenvalue weighted by Crippen LogP contribution is -2.13. The van der Waals surface area contributed by atoms with Crippen LogP contribution in [0.1, 0.15) is 12.1 Å². The van der Waals surface area contributed by atoms with Crippen LogP contribution in [0.15, 0.2) is 12.3 Å². The van der Waals surface area contributed by atoms with Crippen LogP contribution in [-0.4, -0.2) is 41.3 Å². The molecule has 0 aliphatic carbocycles. The van der Waals surface area contributed by atoms with Gasteiger partial charge < -0.3 is 4.74 Å². The van der Waals surface area contributed by atoms with Crippen molar-refractivity contribution in [2.75, 3.05) is 18.1 Å². The lowest BCUT2D eigenvalue weighted by atomic mass is 10.1. The van der Waals surface area contributed by atoms with Crippen LogP contribution in [-0.2, 0) is 16.9 Å². The first-order chi connectivity index (χ1) is 9.46. The Morgan fingerprint density at radius 3 is 3.00 bits per heavy atom. The van der Waals surface area contributed by atoms with Gasteiger partial charge in [-0.05, 0) is 19.4 Å². The molecule has 1 saturated heterocycles. The molecule has 1 unspecified atom stereocenters. The second kappa shape index (κ2) is 4.73. The number of pyridine rings is 1. The molecular weight excluding hydrogens is 278 g/mol. The van der Waals surface area contributed by atoms with E-state index in [1.807, 2.05) is 14.0 Å². The number of aromatic nitrogens is 3. The van der Waals surface area contributed by atoms with E-state index >= 15 is 0 Å². The van der Waals surface area contributed by atoms with Gasteiger partial charge in [-0.2, -0.15) is 5.10 Å². The quantitative estimate of drug-likeness (QED) is 0.847. The van der Waals surface area contributed by atoms with Crippen LogP contribution in [0.2, 0.25) is 0 Å². The molecular formula is C13H17N3O3S. The zero-order valence-electron chi connectivity index (χ0n) is 11.5. The number of fused-ring (bicyclic) bond motifs is 1. The fourth-order valence-electron chi connectivity index (χ4n) is 2.67. The molecule has 1 aliphatic heterocycles. The Kier molecular flexibility index (Phi) is 3.16. The number of ether oxygens (including phenoxy) is 1. The molecule has 20 heavy (non-hydrogen) atoms. The molecule has 7 heteroatoms. The van der Waals surface area contributed by atoms with Crippen LogP contribution in [0, 0.1) is 12.8 Å². The Bertz CT molecular complexity index is 752. The van der Waals surface area contributed by atoms with E-state index in [-0.39, 0.29) is 17.4 Å². The molecule has 6 nitrogen and oxygen atoms in total. The second-order valence-corrected chi connectivity index (χ2v) is 7.53. The molecule has 108 valence electrons. The fraction of sp³-hybridized carbons (Fsp3) is 0.538. The third-order valence-corrected chi connectivity index (χ3v) is 5.50. The van der Waals surface area contributed by atoms with Gasteiger partial charge in [0, 0.05) is 19.2 Å². The Morgan fingerprint density at radius 1 is 1.50 bits per heavy atom. The molecule has 0 saturated carbocycles. The molecule has 0 aromatic carbocycles. The van der Waals surface area contributed by atoms with Crippen LogP contribution in [0.25, 0.3) is 11.0 Å². The summed E-state index contributed by atoms with van der Waals surface area (Å²) in [6, 6.07) is 1.81. The third kappa shape index (κ3) is 2.37. The largest absolute Gasteiger partial charge is 0.492 e. The van der Waals surface area contributed by atoms with Crippen molar-refractivity contribution in [2.24, 2.45) is 13.0 Å². The molecule has 0 radical (unpaired) electrons. The number of nitrogens with zero attached hydrogens (tertiary/aromatic N) is 3. The van der Waals surface area contributed by atoms with Gasteiger partial charge in [-0.1, -0.05) is 0 Å². The monoisotopic (exact) mass is 295 g/mol. The predicted octanol–water partition coefficient (Wildman–Crippen LogP) is 1.09. The molecule has 3 heterocycles. The first-order valence-corrected chi connectivity index (χ1v) is 8.40. The SMILES string of the molecule is Cc1nn(C)c2nccc(OCC3CCS(=O)(=O)C3)c12. The number of hydrogen-bond acceptors (Lipinski definition) is 5. The highest BCUT2D eigenvalue weighted by molar-refractivity contribution is 7.91. The number of aryl methyl sites for hydroxylation is 2. The summed E-state index contributed by atoms with van der Waals surface area (Å²) in [6.07, 6.45) is 2.37. The van der Waals surface area contributed by atoms with Gasteiger partial charge in [-0.3, -0.25) is 4.68 Å². The Balaban J connectivity index is 1.82. The van der Waals surface area contributed by atoms with E-state index in [1.165, 1.54) is 0 Å². The first kappa shape index (κ1) is 13.4. The minimum Gasteiger partial charge on any atom is -0.492 e.